The van der Waals surface area contributed by atoms with Crippen LogP contribution in [0.3, 0.4) is 0 Å². The molecule has 2 saturated carbocycles. The Morgan fingerprint density at radius 2 is 1.97 bits per heavy atom. The van der Waals surface area contributed by atoms with Crippen LogP contribution in [0.4, 0.5) is 5.69 Å². The monoisotopic (exact) mass is 419 g/mol. The third-order valence-corrected chi connectivity index (χ3v) is 8.58. The van der Waals surface area contributed by atoms with E-state index in [0.29, 0.717) is 13.0 Å². The number of hydrogen-bond acceptors (Lipinski definition) is 4. The predicted octanol–water partition coefficient (Wildman–Crippen LogP) is 4.56. The fourth-order valence-corrected chi connectivity index (χ4v) is 6.69. The van der Waals surface area contributed by atoms with Gasteiger partial charge in [-0.05, 0) is 72.1 Å². The molecule has 5 rings (SSSR count). The van der Waals surface area contributed by atoms with Gasteiger partial charge in [-0.2, -0.15) is 0 Å². The number of anilines is 1. The van der Waals surface area contributed by atoms with Gasteiger partial charge in [0.25, 0.3) is 0 Å². The molecule has 0 radical (unpaired) electrons. The van der Waals surface area contributed by atoms with Crippen LogP contribution in [0.1, 0.15) is 50.5 Å². The Bertz CT molecular complexity index is 988. The van der Waals surface area contributed by atoms with Crippen LogP contribution in [-0.2, 0) is 9.53 Å². The van der Waals surface area contributed by atoms with E-state index in [-0.39, 0.29) is 29.1 Å². The number of carbonyl (C=O) groups is 1. The van der Waals surface area contributed by atoms with Gasteiger partial charge in [0.2, 0.25) is 0 Å². The van der Waals surface area contributed by atoms with Crippen LogP contribution in [0.25, 0.3) is 0 Å². The Morgan fingerprint density at radius 3 is 2.65 bits per heavy atom. The number of ether oxygens (including phenoxy) is 1. The molecule has 4 aliphatic rings. The number of benzene rings is 1. The Labute approximate surface area is 185 Å². The summed E-state index contributed by atoms with van der Waals surface area (Å²) in [7, 11) is 4.10. The SMILES string of the molecule is C=CC1(O)CCC2C3OCC4=CC(=O)CCC4=C3C(c3ccc(N(C)C)cc3)CC21C. The number of hydrogen-bond donors (Lipinski definition) is 1. The largest absolute Gasteiger partial charge is 0.385 e. The molecule has 3 aliphatic carbocycles. The summed E-state index contributed by atoms with van der Waals surface area (Å²) in [6, 6.07) is 8.79. The zero-order chi connectivity index (χ0) is 22.0. The molecule has 1 aromatic carbocycles. The van der Waals surface area contributed by atoms with E-state index < -0.39 is 5.60 Å². The highest BCUT2D eigenvalue weighted by Crippen LogP contribution is 2.64. The summed E-state index contributed by atoms with van der Waals surface area (Å²) in [6.07, 6.45) is 7.48. The molecule has 0 spiro atoms. The Morgan fingerprint density at radius 1 is 1.23 bits per heavy atom. The van der Waals surface area contributed by atoms with Crippen molar-refractivity contribution < 1.29 is 14.6 Å². The number of carbonyl (C=O) groups excluding carboxylic acids is 1. The first-order valence-corrected chi connectivity index (χ1v) is 11.5. The van der Waals surface area contributed by atoms with Crippen molar-refractivity contribution in [2.75, 3.05) is 25.6 Å². The molecular formula is C27H33NO3. The summed E-state index contributed by atoms with van der Waals surface area (Å²) >= 11 is 0. The third-order valence-electron chi connectivity index (χ3n) is 8.58. The van der Waals surface area contributed by atoms with E-state index in [4.69, 9.17) is 4.74 Å². The minimum absolute atomic E-state index is 0.00778. The van der Waals surface area contributed by atoms with Crippen LogP contribution in [-0.4, -0.2) is 43.3 Å². The summed E-state index contributed by atoms with van der Waals surface area (Å²) in [5.41, 5.74) is 5.03. The number of rotatable bonds is 3. The molecule has 31 heavy (non-hydrogen) atoms. The van der Waals surface area contributed by atoms with E-state index in [2.05, 4.69) is 56.8 Å². The van der Waals surface area contributed by atoms with Crippen molar-refractivity contribution in [3.63, 3.8) is 0 Å². The van der Waals surface area contributed by atoms with E-state index >= 15 is 0 Å². The van der Waals surface area contributed by atoms with Gasteiger partial charge >= 0.3 is 0 Å². The maximum atomic E-state index is 12.1. The van der Waals surface area contributed by atoms with Crippen LogP contribution in [0.2, 0.25) is 0 Å². The van der Waals surface area contributed by atoms with Gasteiger partial charge in [0.05, 0.1) is 18.3 Å². The number of nitrogens with zero attached hydrogens (tertiary/aromatic N) is 1. The molecule has 164 valence electrons. The molecule has 1 aliphatic heterocycles. The van der Waals surface area contributed by atoms with Crippen LogP contribution >= 0.6 is 0 Å². The van der Waals surface area contributed by atoms with Crippen molar-refractivity contribution in [1.82, 2.24) is 0 Å². The fraction of sp³-hybridized carbons (Fsp3) is 0.519. The Balaban J connectivity index is 1.67. The standard InChI is InChI=1S/C27H33NO3/c1-5-27(30)13-12-23-25-24(21-11-10-20(29)14-18(21)16-31-25)22(15-26(23,27)2)17-6-8-19(9-7-17)28(3)4/h5-9,14,22-23,25,30H,1,10-13,15-16H2,2-4H3. The quantitative estimate of drug-likeness (QED) is 0.730. The Hall–Kier alpha value is -2.17. The van der Waals surface area contributed by atoms with Crippen LogP contribution < -0.4 is 4.90 Å². The number of aliphatic hydroxyl groups is 1. The van der Waals surface area contributed by atoms with Crippen LogP contribution in [0.15, 0.2) is 59.7 Å². The van der Waals surface area contributed by atoms with Gasteiger partial charge in [0.1, 0.15) is 0 Å². The molecule has 5 atom stereocenters. The lowest BCUT2D eigenvalue weighted by Crippen LogP contribution is -2.53. The smallest absolute Gasteiger partial charge is 0.156 e. The maximum Gasteiger partial charge on any atom is 0.156 e. The molecule has 0 aromatic heterocycles. The first kappa shape index (κ1) is 20.7. The number of allylic oxidation sites excluding steroid dienone is 1. The molecule has 4 nitrogen and oxygen atoms in total. The van der Waals surface area contributed by atoms with E-state index in [9.17, 15) is 9.90 Å². The van der Waals surface area contributed by atoms with Crippen molar-refractivity contribution >= 4 is 11.5 Å². The van der Waals surface area contributed by atoms with Gasteiger partial charge in [0, 0.05) is 37.5 Å². The van der Waals surface area contributed by atoms with Crippen molar-refractivity contribution in [3.8, 4) is 0 Å². The summed E-state index contributed by atoms with van der Waals surface area (Å²) < 4.78 is 6.50. The summed E-state index contributed by atoms with van der Waals surface area (Å²) in [5.74, 6) is 0.629. The molecule has 0 amide bonds. The van der Waals surface area contributed by atoms with E-state index in [1.165, 1.54) is 22.4 Å². The topological polar surface area (TPSA) is 49.8 Å². The molecule has 4 heteroatoms. The van der Waals surface area contributed by atoms with Gasteiger partial charge < -0.3 is 14.7 Å². The fourth-order valence-electron chi connectivity index (χ4n) is 6.69. The third kappa shape index (κ3) is 2.99. The highest BCUT2D eigenvalue weighted by molar-refractivity contribution is 5.93. The Kier molecular flexibility index (Phi) is 4.80. The van der Waals surface area contributed by atoms with Gasteiger partial charge in [-0.15, -0.1) is 6.58 Å². The number of ketones is 1. The summed E-state index contributed by atoms with van der Waals surface area (Å²) in [4.78, 5) is 14.2. The van der Waals surface area contributed by atoms with Crippen molar-refractivity contribution in [3.05, 3.63) is 65.3 Å². The van der Waals surface area contributed by atoms with Crippen molar-refractivity contribution in [2.24, 2.45) is 11.3 Å². The number of fused-ring (bicyclic) bond motifs is 4. The molecule has 5 unspecified atom stereocenters. The summed E-state index contributed by atoms with van der Waals surface area (Å²) in [6.45, 7) is 6.73. The van der Waals surface area contributed by atoms with Crippen molar-refractivity contribution in [2.45, 2.75) is 56.7 Å². The lowest BCUT2D eigenvalue weighted by Gasteiger charge is -2.53. The zero-order valence-corrected chi connectivity index (χ0v) is 18.9. The van der Waals surface area contributed by atoms with E-state index in [1.54, 1.807) is 12.2 Å². The zero-order valence-electron chi connectivity index (χ0n) is 18.9. The predicted molar refractivity (Wildman–Crippen MR) is 123 cm³/mol. The summed E-state index contributed by atoms with van der Waals surface area (Å²) in [5, 5.41) is 11.5. The maximum absolute atomic E-state index is 12.1. The molecule has 0 bridgehead atoms. The average Bonchev–Trinajstić information content (AvgIpc) is 3.04. The molecule has 0 saturated heterocycles. The van der Waals surface area contributed by atoms with Gasteiger partial charge in [-0.3, -0.25) is 4.79 Å². The molecule has 1 heterocycles. The van der Waals surface area contributed by atoms with Crippen LogP contribution in [0, 0.1) is 11.3 Å². The molecule has 2 fully saturated rings. The van der Waals surface area contributed by atoms with E-state index in [1.807, 2.05) is 0 Å². The average molecular weight is 420 g/mol. The molecular weight excluding hydrogens is 386 g/mol. The van der Waals surface area contributed by atoms with E-state index in [0.717, 1.165) is 31.3 Å². The minimum atomic E-state index is -0.877. The second-order valence-electron chi connectivity index (χ2n) is 10.2. The van der Waals surface area contributed by atoms with Gasteiger partial charge in [0.15, 0.2) is 5.78 Å². The normalized spacial score (nSPS) is 37.0. The van der Waals surface area contributed by atoms with Gasteiger partial charge in [-0.25, -0.2) is 0 Å². The lowest BCUT2D eigenvalue weighted by molar-refractivity contribution is -0.115. The van der Waals surface area contributed by atoms with Gasteiger partial charge in [-0.1, -0.05) is 25.1 Å². The second kappa shape index (κ2) is 7.18. The molecule has 1 aromatic rings. The van der Waals surface area contributed by atoms with Crippen LogP contribution in [0.5, 0.6) is 0 Å². The highest BCUT2D eigenvalue weighted by Gasteiger charge is 2.62. The highest BCUT2D eigenvalue weighted by atomic mass is 16.5. The lowest BCUT2D eigenvalue weighted by atomic mass is 9.55. The first-order valence-electron chi connectivity index (χ1n) is 11.5. The minimum Gasteiger partial charge on any atom is -0.385 e. The first-order chi connectivity index (χ1) is 14.8. The van der Waals surface area contributed by atoms with Crippen molar-refractivity contribution in [1.29, 1.82) is 0 Å². The molecule has 1 N–H and O–H groups in total. The second-order valence-corrected chi connectivity index (χ2v) is 10.2.